The van der Waals surface area contributed by atoms with Crippen LogP contribution in [0.5, 0.6) is 0 Å². The normalized spacial score (nSPS) is 20.6. The van der Waals surface area contributed by atoms with Crippen LogP contribution in [-0.2, 0) is 9.84 Å². The predicted octanol–water partition coefficient (Wildman–Crippen LogP) is 3.02. The van der Waals surface area contributed by atoms with Gasteiger partial charge in [-0.1, -0.05) is 60.7 Å². The molecule has 150 valence electrons. The van der Waals surface area contributed by atoms with Gasteiger partial charge in [-0.3, -0.25) is 0 Å². The molecule has 0 bridgehead atoms. The summed E-state index contributed by atoms with van der Waals surface area (Å²) in [5.74, 6) is -0.311. The lowest BCUT2D eigenvalue weighted by atomic mass is 9.94. The van der Waals surface area contributed by atoms with Crippen molar-refractivity contribution in [2.75, 3.05) is 22.1 Å². The van der Waals surface area contributed by atoms with Gasteiger partial charge in [-0.15, -0.1) is 0 Å². The highest BCUT2D eigenvalue weighted by molar-refractivity contribution is 7.91. The maximum atomic E-state index is 12.3. The van der Waals surface area contributed by atoms with Crippen molar-refractivity contribution in [2.45, 2.75) is 18.2 Å². The number of nitrogen functional groups attached to an aromatic ring is 1. The third-order valence-corrected chi connectivity index (χ3v) is 7.05. The summed E-state index contributed by atoms with van der Waals surface area (Å²) in [6.07, 6.45) is -0.965. The fourth-order valence-electron chi connectivity index (χ4n) is 4.04. The van der Waals surface area contributed by atoms with Gasteiger partial charge in [-0.05, 0) is 35.4 Å². The lowest BCUT2D eigenvalue weighted by molar-refractivity contribution is 0.175. The molecule has 3 aromatic rings. The Morgan fingerprint density at radius 2 is 1.34 bits per heavy atom. The molecule has 0 radical (unpaired) electrons. The van der Waals surface area contributed by atoms with Gasteiger partial charge in [0.05, 0.1) is 29.7 Å². The zero-order valence-electron chi connectivity index (χ0n) is 15.9. The topological polar surface area (TPSA) is 83.6 Å². The van der Waals surface area contributed by atoms with E-state index in [-0.39, 0.29) is 17.5 Å². The van der Waals surface area contributed by atoms with Gasteiger partial charge in [-0.25, -0.2) is 8.42 Å². The van der Waals surface area contributed by atoms with Crippen LogP contribution in [0.2, 0.25) is 0 Å². The molecule has 0 amide bonds. The number of benzene rings is 3. The van der Waals surface area contributed by atoms with E-state index in [0.29, 0.717) is 5.69 Å². The van der Waals surface area contributed by atoms with Crippen LogP contribution in [0.1, 0.15) is 17.2 Å². The molecule has 1 aliphatic heterocycles. The molecule has 3 N–H and O–H groups in total. The molecule has 0 saturated carbocycles. The minimum Gasteiger partial charge on any atom is -0.399 e. The van der Waals surface area contributed by atoms with Gasteiger partial charge < -0.3 is 15.7 Å². The second-order valence-electron chi connectivity index (χ2n) is 7.43. The van der Waals surface area contributed by atoms with Crippen LogP contribution in [0.4, 0.5) is 11.4 Å². The van der Waals surface area contributed by atoms with E-state index in [4.69, 9.17) is 5.73 Å². The Hall–Kier alpha value is -2.83. The molecule has 3 aromatic carbocycles. The van der Waals surface area contributed by atoms with Crippen LogP contribution in [0.3, 0.4) is 0 Å². The van der Waals surface area contributed by atoms with Crippen LogP contribution in [0.25, 0.3) is 0 Å². The fraction of sp³-hybridized carbons (Fsp3) is 0.217. The Morgan fingerprint density at radius 3 is 1.79 bits per heavy atom. The van der Waals surface area contributed by atoms with Crippen LogP contribution in [-0.4, -0.2) is 37.2 Å². The first-order valence-corrected chi connectivity index (χ1v) is 11.4. The molecule has 1 heterocycles. The van der Waals surface area contributed by atoms with Crippen LogP contribution in [0.15, 0.2) is 84.9 Å². The lowest BCUT2D eigenvalue weighted by Crippen LogP contribution is -2.46. The second-order valence-corrected chi connectivity index (χ2v) is 9.59. The first-order chi connectivity index (χ1) is 13.9. The Kier molecular flexibility index (Phi) is 5.30. The van der Waals surface area contributed by atoms with E-state index >= 15 is 0 Å². The molecular weight excluding hydrogens is 384 g/mol. The number of anilines is 2. The van der Waals surface area contributed by atoms with Crippen molar-refractivity contribution >= 4 is 21.2 Å². The minimum absolute atomic E-state index is 0.0886. The molecule has 1 saturated heterocycles. The third kappa shape index (κ3) is 4.13. The van der Waals surface area contributed by atoms with Gasteiger partial charge >= 0.3 is 0 Å². The summed E-state index contributed by atoms with van der Waals surface area (Å²) in [7, 11) is -3.32. The maximum Gasteiger partial charge on any atom is 0.155 e. The van der Waals surface area contributed by atoms with Gasteiger partial charge in [0.25, 0.3) is 0 Å². The summed E-state index contributed by atoms with van der Waals surface area (Å²) in [6, 6.07) is 26.4. The van der Waals surface area contributed by atoms with Gasteiger partial charge in [0.2, 0.25) is 0 Å². The van der Waals surface area contributed by atoms with Crippen LogP contribution in [0, 0.1) is 0 Å². The van der Waals surface area contributed by atoms with Crippen molar-refractivity contribution in [1.29, 1.82) is 0 Å². The van der Waals surface area contributed by atoms with Crippen molar-refractivity contribution in [3.05, 3.63) is 96.1 Å². The Labute approximate surface area is 171 Å². The molecule has 0 spiro atoms. The maximum absolute atomic E-state index is 12.3. The van der Waals surface area contributed by atoms with Gasteiger partial charge in [0.15, 0.2) is 9.84 Å². The Bertz CT molecular complexity index is 1010. The van der Waals surface area contributed by atoms with E-state index in [2.05, 4.69) is 0 Å². The summed E-state index contributed by atoms with van der Waals surface area (Å²) in [4.78, 5) is 2.03. The minimum atomic E-state index is -3.32. The highest BCUT2D eigenvalue weighted by Gasteiger charge is 2.43. The van der Waals surface area contributed by atoms with E-state index in [1.807, 2.05) is 77.7 Å². The number of hydrogen-bond acceptors (Lipinski definition) is 5. The standard InChI is InChI=1S/C23H24N2O3S/c24-19-11-13-20(14-12-19)25(21-15-29(27,28)16-22(21)26)23(17-7-3-1-4-8-17)18-9-5-2-6-10-18/h1-14,21-23,26H,15-16,24H2/t21-,22+/m0/s1. The smallest absolute Gasteiger partial charge is 0.155 e. The molecule has 2 atom stereocenters. The summed E-state index contributed by atoms with van der Waals surface area (Å²) in [5, 5.41) is 10.7. The van der Waals surface area contributed by atoms with E-state index in [0.717, 1.165) is 16.8 Å². The third-order valence-electron chi connectivity index (χ3n) is 5.35. The lowest BCUT2D eigenvalue weighted by Gasteiger charge is -2.40. The van der Waals surface area contributed by atoms with Crippen LogP contribution >= 0.6 is 0 Å². The average Bonchev–Trinajstić information content (AvgIpc) is 3.00. The zero-order valence-corrected chi connectivity index (χ0v) is 16.7. The fourth-order valence-corrected chi connectivity index (χ4v) is 5.82. The largest absolute Gasteiger partial charge is 0.399 e. The van der Waals surface area contributed by atoms with Crippen molar-refractivity contribution in [1.82, 2.24) is 0 Å². The van der Waals surface area contributed by atoms with Crippen molar-refractivity contribution < 1.29 is 13.5 Å². The summed E-state index contributed by atoms with van der Waals surface area (Å²) in [6.45, 7) is 0. The van der Waals surface area contributed by atoms with Crippen molar-refractivity contribution in [2.24, 2.45) is 0 Å². The summed E-state index contributed by atoms with van der Waals surface area (Å²) < 4.78 is 24.7. The Balaban J connectivity index is 1.90. The van der Waals surface area contributed by atoms with Gasteiger partial charge in [-0.2, -0.15) is 0 Å². The number of sulfone groups is 1. The van der Waals surface area contributed by atoms with E-state index in [1.165, 1.54) is 0 Å². The number of aliphatic hydroxyl groups is 1. The highest BCUT2D eigenvalue weighted by atomic mass is 32.2. The van der Waals surface area contributed by atoms with E-state index in [9.17, 15) is 13.5 Å². The summed E-state index contributed by atoms with van der Waals surface area (Å²) in [5.41, 5.74) is 9.37. The molecule has 0 unspecified atom stereocenters. The molecule has 6 heteroatoms. The second kappa shape index (κ2) is 7.89. The SMILES string of the molecule is Nc1ccc(N(C(c2ccccc2)c2ccccc2)[C@H]2CS(=O)(=O)C[C@H]2O)cc1. The molecule has 1 fully saturated rings. The molecule has 4 rings (SSSR count). The van der Waals surface area contributed by atoms with Gasteiger partial charge in [0, 0.05) is 11.4 Å². The highest BCUT2D eigenvalue weighted by Crippen LogP contribution is 2.37. The van der Waals surface area contributed by atoms with E-state index < -0.39 is 22.0 Å². The molecule has 0 aromatic heterocycles. The quantitative estimate of drug-likeness (QED) is 0.634. The van der Waals surface area contributed by atoms with Crippen LogP contribution < -0.4 is 10.6 Å². The number of rotatable bonds is 5. The monoisotopic (exact) mass is 408 g/mol. The van der Waals surface area contributed by atoms with Crippen molar-refractivity contribution in [3.8, 4) is 0 Å². The average molecular weight is 409 g/mol. The number of aliphatic hydroxyl groups excluding tert-OH is 1. The first-order valence-electron chi connectivity index (χ1n) is 9.57. The van der Waals surface area contributed by atoms with E-state index in [1.54, 1.807) is 12.1 Å². The number of nitrogens with zero attached hydrogens (tertiary/aromatic N) is 1. The summed E-state index contributed by atoms with van der Waals surface area (Å²) >= 11 is 0. The zero-order chi connectivity index (χ0) is 20.4. The van der Waals surface area contributed by atoms with Crippen molar-refractivity contribution in [3.63, 3.8) is 0 Å². The molecule has 29 heavy (non-hydrogen) atoms. The molecular formula is C23H24N2O3S. The first kappa shape index (κ1) is 19.5. The Morgan fingerprint density at radius 1 is 0.828 bits per heavy atom. The molecule has 1 aliphatic rings. The number of hydrogen-bond donors (Lipinski definition) is 2. The van der Waals surface area contributed by atoms with Gasteiger partial charge in [0.1, 0.15) is 0 Å². The molecule has 5 nitrogen and oxygen atoms in total. The predicted molar refractivity (Wildman–Crippen MR) is 117 cm³/mol. The molecule has 0 aliphatic carbocycles. The number of nitrogens with two attached hydrogens (primary N) is 1.